The minimum absolute atomic E-state index is 0.141. The monoisotopic (exact) mass is 388 g/mol. The van der Waals surface area contributed by atoms with Gasteiger partial charge in [-0.05, 0) is 43.2 Å². The van der Waals surface area contributed by atoms with Gasteiger partial charge in [-0.2, -0.15) is 0 Å². The topological polar surface area (TPSA) is 83.6 Å². The van der Waals surface area contributed by atoms with Crippen LogP contribution < -0.4 is 5.32 Å². The van der Waals surface area contributed by atoms with Crippen LogP contribution in [0.25, 0.3) is 0 Å². The standard InChI is InChI=1S/C20H24N2O4S/c1-15-8-7-11-18(16(15)2)21-19(23)14-22(3)20(24)12-13-27(25,26)17-9-5-4-6-10-17/h4-11H,12-14H2,1-3H3,(H,21,23). The summed E-state index contributed by atoms with van der Waals surface area (Å²) >= 11 is 0. The zero-order valence-electron chi connectivity index (χ0n) is 15.7. The van der Waals surface area contributed by atoms with Gasteiger partial charge in [-0.15, -0.1) is 0 Å². The number of hydrogen-bond acceptors (Lipinski definition) is 4. The van der Waals surface area contributed by atoms with E-state index in [1.54, 1.807) is 24.3 Å². The van der Waals surface area contributed by atoms with Crippen molar-refractivity contribution in [3.63, 3.8) is 0 Å². The Balaban J connectivity index is 1.90. The van der Waals surface area contributed by atoms with E-state index in [-0.39, 0.29) is 29.5 Å². The summed E-state index contributed by atoms with van der Waals surface area (Å²) in [4.78, 5) is 25.8. The minimum atomic E-state index is -3.52. The van der Waals surface area contributed by atoms with Gasteiger partial charge in [0.1, 0.15) is 0 Å². The van der Waals surface area contributed by atoms with Gasteiger partial charge in [-0.1, -0.05) is 30.3 Å². The maximum Gasteiger partial charge on any atom is 0.243 e. The summed E-state index contributed by atoms with van der Waals surface area (Å²) < 4.78 is 24.5. The van der Waals surface area contributed by atoms with Crippen molar-refractivity contribution in [3.8, 4) is 0 Å². The van der Waals surface area contributed by atoms with Crippen molar-refractivity contribution in [2.24, 2.45) is 0 Å². The number of rotatable bonds is 7. The molecule has 2 aromatic rings. The van der Waals surface area contributed by atoms with Gasteiger partial charge in [0.2, 0.25) is 11.8 Å². The van der Waals surface area contributed by atoms with Gasteiger partial charge >= 0.3 is 0 Å². The Bertz CT molecular complexity index is 924. The van der Waals surface area contributed by atoms with Crippen LogP contribution in [0.1, 0.15) is 17.5 Å². The van der Waals surface area contributed by atoms with Gasteiger partial charge in [-0.3, -0.25) is 9.59 Å². The number of benzene rings is 2. The molecule has 144 valence electrons. The van der Waals surface area contributed by atoms with Crippen molar-refractivity contribution >= 4 is 27.3 Å². The van der Waals surface area contributed by atoms with Crippen molar-refractivity contribution in [2.45, 2.75) is 25.2 Å². The Kier molecular flexibility index (Phi) is 6.74. The summed E-state index contributed by atoms with van der Waals surface area (Å²) in [7, 11) is -2.04. The molecule has 1 N–H and O–H groups in total. The molecular weight excluding hydrogens is 364 g/mol. The first kappa shape index (κ1) is 20.6. The van der Waals surface area contributed by atoms with Gasteiger partial charge in [0.05, 0.1) is 17.2 Å². The molecule has 0 aliphatic carbocycles. The highest BCUT2D eigenvalue weighted by Crippen LogP contribution is 2.18. The highest BCUT2D eigenvalue weighted by atomic mass is 32.2. The largest absolute Gasteiger partial charge is 0.336 e. The summed E-state index contributed by atoms with van der Waals surface area (Å²) in [5, 5.41) is 2.78. The number of amides is 2. The van der Waals surface area contributed by atoms with Crippen molar-refractivity contribution in [1.29, 1.82) is 0 Å². The molecule has 0 unspecified atom stereocenters. The average molecular weight is 388 g/mol. The maximum absolute atomic E-state index is 12.2. The summed E-state index contributed by atoms with van der Waals surface area (Å²) in [6.07, 6.45) is -0.176. The van der Waals surface area contributed by atoms with E-state index in [9.17, 15) is 18.0 Å². The van der Waals surface area contributed by atoms with Crippen molar-refractivity contribution in [2.75, 3.05) is 24.7 Å². The molecule has 0 aliphatic rings. The van der Waals surface area contributed by atoms with E-state index in [2.05, 4.69) is 5.32 Å². The number of aryl methyl sites for hydroxylation is 1. The SMILES string of the molecule is Cc1cccc(NC(=O)CN(C)C(=O)CCS(=O)(=O)c2ccccc2)c1C. The van der Waals surface area contributed by atoms with Crippen LogP contribution in [0.2, 0.25) is 0 Å². The molecule has 2 rings (SSSR count). The third-order valence-corrected chi connectivity index (χ3v) is 6.10. The second kappa shape index (κ2) is 8.81. The second-order valence-electron chi connectivity index (χ2n) is 6.43. The van der Waals surface area contributed by atoms with E-state index < -0.39 is 15.7 Å². The molecule has 0 saturated heterocycles. The fraction of sp³-hybridized carbons (Fsp3) is 0.300. The van der Waals surface area contributed by atoms with Crippen LogP contribution in [0.4, 0.5) is 5.69 Å². The minimum Gasteiger partial charge on any atom is -0.336 e. The summed E-state index contributed by atoms with van der Waals surface area (Å²) in [5.74, 6) is -1.02. The smallest absolute Gasteiger partial charge is 0.243 e. The quantitative estimate of drug-likeness (QED) is 0.790. The lowest BCUT2D eigenvalue weighted by molar-refractivity contribution is -0.132. The molecule has 0 bridgehead atoms. The Labute approximate surface area is 160 Å². The number of anilines is 1. The highest BCUT2D eigenvalue weighted by Gasteiger charge is 2.19. The molecule has 2 amide bonds. The normalized spacial score (nSPS) is 11.1. The molecule has 7 heteroatoms. The molecule has 0 spiro atoms. The van der Waals surface area contributed by atoms with Gasteiger partial charge in [0.25, 0.3) is 0 Å². The molecule has 0 atom stereocenters. The second-order valence-corrected chi connectivity index (χ2v) is 8.54. The number of carbonyl (C=O) groups excluding carboxylic acids is 2. The predicted molar refractivity (Wildman–Crippen MR) is 105 cm³/mol. The fourth-order valence-corrected chi connectivity index (χ4v) is 3.79. The molecule has 0 saturated carbocycles. The molecule has 27 heavy (non-hydrogen) atoms. The fourth-order valence-electron chi connectivity index (χ4n) is 2.54. The Morgan fingerprint density at radius 3 is 2.33 bits per heavy atom. The van der Waals surface area contributed by atoms with Crippen LogP contribution >= 0.6 is 0 Å². The molecule has 0 aliphatic heterocycles. The number of likely N-dealkylation sites (N-methyl/N-ethyl adjacent to an activating group) is 1. The lowest BCUT2D eigenvalue weighted by atomic mass is 10.1. The molecule has 0 aromatic heterocycles. The van der Waals surface area contributed by atoms with Crippen LogP contribution in [-0.4, -0.2) is 44.5 Å². The Hall–Kier alpha value is -2.67. The molecule has 6 nitrogen and oxygen atoms in total. The van der Waals surface area contributed by atoms with Gasteiger partial charge in [0, 0.05) is 19.2 Å². The third-order valence-electron chi connectivity index (χ3n) is 4.37. The first-order valence-electron chi connectivity index (χ1n) is 8.58. The zero-order chi connectivity index (χ0) is 20.0. The van der Waals surface area contributed by atoms with E-state index in [0.29, 0.717) is 5.69 Å². The van der Waals surface area contributed by atoms with Crippen LogP contribution in [0.3, 0.4) is 0 Å². The van der Waals surface area contributed by atoms with E-state index in [0.717, 1.165) is 11.1 Å². The lowest BCUT2D eigenvalue weighted by Gasteiger charge is -2.18. The molecule has 0 fully saturated rings. The third kappa shape index (κ3) is 5.65. The molecular formula is C20H24N2O4S. The Morgan fingerprint density at radius 2 is 1.67 bits per heavy atom. The van der Waals surface area contributed by atoms with Crippen LogP contribution in [0.5, 0.6) is 0 Å². The highest BCUT2D eigenvalue weighted by molar-refractivity contribution is 7.91. The molecule has 0 heterocycles. The van der Waals surface area contributed by atoms with E-state index in [1.807, 2.05) is 26.0 Å². The number of sulfone groups is 1. The lowest BCUT2D eigenvalue weighted by Crippen LogP contribution is -2.35. The number of nitrogens with zero attached hydrogens (tertiary/aromatic N) is 1. The van der Waals surface area contributed by atoms with Gasteiger partial charge < -0.3 is 10.2 Å². The maximum atomic E-state index is 12.2. The van der Waals surface area contributed by atoms with Crippen molar-refractivity contribution < 1.29 is 18.0 Å². The van der Waals surface area contributed by atoms with Crippen LogP contribution in [0.15, 0.2) is 53.4 Å². The average Bonchev–Trinajstić information content (AvgIpc) is 2.64. The number of hydrogen-bond donors (Lipinski definition) is 1. The van der Waals surface area contributed by atoms with Crippen molar-refractivity contribution in [1.82, 2.24) is 4.90 Å². The predicted octanol–water partition coefficient (Wildman–Crippen LogP) is 2.56. The molecule has 2 aromatic carbocycles. The number of carbonyl (C=O) groups is 2. The Morgan fingerprint density at radius 1 is 1.00 bits per heavy atom. The van der Waals surface area contributed by atoms with E-state index in [1.165, 1.54) is 24.1 Å². The van der Waals surface area contributed by atoms with Crippen molar-refractivity contribution in [3.05, 3.63) is 59.7 Å². The zero-order valence-corrected chi connectivity index (χ0v) is 16.5. The number of nitrogens with one attached hydrogen (secondary N) is 1. The molecule has 0 radical (unpaired) electrons. The summed E-state index contributed by atoms with van der Waals surface area (Å²) in [5.41, 5.74) is 2.73. The summed E-state index contributed by atoms with van der Waals surface area (Å²) in [6.45, 7) is 3.72. The summed E-state index contributed by atoms with van der Waals surface area (Å²) in [6, 6.07) is 13.6. The first-order chi connectivity index (χ1) is 12.7. The first-order valence-corrected chi connectivity index (χ1v) is 10.2. The van der Waals surface area contributed by atoms with Gasteiger partial charge in [-0.25, -0.2) is 8.42 Å². The van der Waals surface area contributed by atoms with E-state index in [4.69, 9.17) is 0 Å². The van der Waals surface area contributed by atoms with E-state index >= 15 is 0 Å². The van der Waals surface area contributed by atoms with Gasteiger partial charge in [0.15, 0.2) is 9.84 Å². The van der Waals surface area contributed by atoms with Crippen LogP contribution in [0, 0.1) is 13.8 Å². The van der Waals surface area contributed by atoms with Crippen LogP contribution in [-0.2, 0) is 19.4 Å².